The topological polar surface area (TPSA) is 39.1 Å². The Morgan fingerprint density at radius 3 is 2.95 bits per heavy atom. The van der Waals surface area contributed by atoms with Crippen LogP contribution < -0.4 is 10.2 Å². The molecule has 1 aromatic rings. The summed E-state index contributed by atoms with van der Waals surface area (Å²) in [5, 5.41) is 12.8. The van der Waals surface area contributed by atoms with Gasteiger partial charge in [-0.15, -0.1) is 0 Å². The van der Waals surface area contributed by atoms with E-state index >= 15 is 0 Å². The maximum Gasteiger partial charge on any atom is 0.101 e. The van der Waals surface area contributed by atoms with Gasteiger partial charge in [-0.1, -0.05) is 19.9 Å². The number of nitriles is 1. The van der Waals surface area contributed by atoms with Gasteiger partial charge in [0.25, 0.3) is 0 Å². The van der Waals surface area contributed by atoms with Crippen molar-refractivity contribution in [3.05, 3.63) is 29.3 Å². The van der Waals surface area contributed by atoms with E-state index in [1.807, 2.05) is 17.8 Å². The van der Waals surface area contributed by atoms with Crippen LogP contribution in [0.25, 0.3) is 0 Å². The number of hydrogen-bond donors (Lipinski definition) is 1. The van der Waals surface area contributed by atoms with Crippen LogP contribution in [0.4, 0.5) is 5.69 Å². The minimum atomic E-state index is 0.458. The monoisotopic (exact) mass is 289 g/mol. The van der Waals surface area contributed by atoms with E-state index in [1.165, 1.54) is 5.56 Å². The molecule has 0 bridgehead atoms. The molecule has 1 fully saturated rings. The Hall–Kier alpha value is -1.18. The Kier molecular flexibility index (Phi) is 5.33. The molecule has 1 aromatic carbocycles. The van der Waals surface area contributed by atoms with Crippen LogP contribution in [0.2, 0.25) is 0 Å². The van der Waals surface area contributed by atoms with E-state index in [9.17, 15) is 5.26 Å². The number of nitrogens with one attached hydrogen (secondary N) is 1. The second-order valence-corrected chi connectivity index (χ2v) is 6.77. The minimum absolute atomic E-state index is 0.458. The summed E-state index contributed by atoms with van der Waals surface area (Å²) in [6.07, 6.45) is 0. The fourth-order valence-corrected chi connectivity index (χ4v) is 3.45. The molecule has 0 saturated carbocycles. The molecule has 0 aliphatic carbocycles. The van der Waals surface area contributed by atoms with E-state index in [-0.39, 0.29) is 0 Å². The Morgan fingerprint density at radius 2 is 2.30 bits per heavy atom. The zero-order valence-corrected chi connectivity index (χ0v) is 13.3. The molecule has 1 aliphatic heterocycles. The molecule has 2 rings (SSSR count). The molecule has 108 valence electrons. The van der Waals surface area contributed by atoms with Crippen LogP contribution in [0, 0.1) is 11.3 Å². The first-order valence-electron chi connectivity index (χ1n) is 7.22. The molecule has 1 saturated heterocycles. The van der Waals surface area contributed by atoms with Gasteiger partial charge in [0, 0.05) is 36.7 Å². The quantitative estimate of drug-likeness (QED) is 0.925. The van der Waals surface area contributed by atoms with Gasteiger partial charge >= 0.3 is 0 Å². The maximum atomic E-state index is 9.43. The lowest BCUT2D eigenvalue weighted by Crippen LogP contribution is -2.40. The Bertz CT molecular complexity index is 493. The van der Waals surface area contributed by atoms with Crippen molar-refractivity contribution in [2.45, 2.75) is 39.4 Å². The standard InChI is InChI=1S/C16H23N3S/c1-12(2)18-10-14-4-5-16(15(8-14)9-17)19-6-7-20-11-13(19)3/h4-5,8,12-13,18H,6-7,10-11H2,1-3H3. The summed E-state index contributed by atoms with van der Waals surface area (Å²) in [6, 6.07) is 9.60. The Balaban J connectivity index is 2.19. The number of anilines is 1. The fraction of sp³-hybridized carbons (Fsp3) is 0.562. The minimum Gasteiger partial charge on any atom is -0.366 e. The highest BCUT2D eigenvalue weighted by Crippen LogP contribution is 2.27. The van der Waals surface area contributed by atoms with Gasteiger partial charge in [0.05, 0.1) is 11.3 Å². The van der Waals surface area contributed by atoms with Crippen molar-refractivity contribution >= 4 is 17.4 Å². The van der Waals surface area contributed by atoms with E-state index in [2.05, 4.69) is 49.2 Å². The molecule has 1 atom stereocenters. The number of hydrogen-bond acceptors (Lipinski definition) is 4. The molecule has 1 N–H and O–H groups in total. The van der Waals surface area contributed by atoms with Gasteiger partial charge in [0.2, 0.25) is 0 Å². The molecular formula is C16H23N3S. The number of benzene rings is 1. The summed E-state index contributed by atoms with van der Waals surface area (Å²) >= 11 is 1.99. The van der Waals surface area contributed by atoms with Gasteiger partial charge in [-0.25, -0.2) is 0 Å². The highest BCUT2D eigenvalue weighted by Gasteiger charge is 2.21. The third kappa shape index (κ3) is 3.68. The first-order chi connectivity index (χ1) is 9.61. The van der Waals surface area contributed by atoms with Crippen molar-refractivity contribution in [1.82, 2.24) is 5.32 Å². The largest absolute Gasteiger partial charge is 0.366 e. The Morgan fingerprint density at radius 1 is 1.50 bits per heavy atom. The first-order valence-corrected chi connectivity index (χ1v) is 8.38. The second kappa shape index (κ2) is 7.01. The molecule has 0 amide bonds. The molecule has 3 nitrogen and oxygen atoms in total. The molecule has 4 heteroatoms. The van der Waals surface area contributed by atoms with E-state index < -0.39 is 0 Å². The fourth-order valence-electron chi connectivity index (χ4n) is 2.44. The highest BCUT2D eigenvalue weighted by atomic mass is 32.2. The van der Waals surface area contributed by atoms with E-state index in [0.29, 0.717) is 12.1 Å². The lowest BCUT2D eigenvalue weighted by molar-refractivity contribution is 0.588. The van der Waals surface area contributed by atoms with E-state index in [1.54, 1.807) is 0 Å². The molecule has 1 heterocycles. The molecule has 1 aliphatic rings. The lowest BCUT2D eigenvalue weighted by atomic mass is 10.1. The lowest BCUT2D eigenvalue weighted by Gasteiger charge is -2.35. The molecule has 20 heavy (non-hydrogen) atoms. The summed E-state index contributed by atoms with van der Waals surface area (Å²) in [7, 11) is 0. The van der Waals surface area contributed by atoms with Crippen LogP contribution in [0.15, 0.2) is 18.2 Å². The zero-order valence-electron chi connectivity index (χ0n) is 12.5. The third-order valence-electron chi connectivity index (χ3n) is 3.57. The number of thioether (sulfide) groups is 1. The SMILES string of the molecule is CC(C)NCc1ccc(N2CCSCC2C)c(C#N)c1. The average molecular weight is 289 g/mol. The second-order valence-electron chi connectivity index (χ2n) is 5.62. The molecule has 1 unspecified atom stereocenters. The van der Waals surface area contributed by atoms with Crippen LogP contribution in [0.1, 0.15) is 31.9 Å². The van der Waals surface area contributed by atoms with Gasteiger partial charge in [0.1, 0.15) is 6.07 Å². The van der Waals surface area contributed by atoms with E-state index in [4.69, 9.17) is 0 Å². The Labute approximate surface area is 126 Å². The van der Waals surface area contributed by atoms with Crippen LogP contribution in [0.5, 0.6) is 0 Å². The average Bonchev–Trinajstić information content (AvgIpc) is 2.45. The molecule has 0 aromatic heterocycles. The van der Waals surface area contributed by atoms with Gasteiger partial charge in [0.15, 0.2) is 0 Å². The van der Waals surface area contributed by atoms with Crippen molar-refractivity contribution in [3.63, 3.8) is 0 Å². The van der Waals surface area contributed by atoms with Gasteiger partial charge in [-0.2, -0.15) is 17.0 Å². The van der Waals surface area contributed by atoms with Crippen molar-refractivity contribution in [2.24, 2.45) is 0 Å². The smallest absolute Gasteiger partial charge is 0.101 e. The van der Waals surface area contributed by atoms with Crippen molar-refractivity contribution < 1.29 is 0 Å². The van der Waals surface area contributed by atoms with Crippen molar-refractivity contribution in [2.75, 3.05) is 23.0 Å². The zero-order chi connectivity index (χ0) is 14.5. The number of nitrogens with zero attached hydrogens (tertiary/aromatic N) is 2. The number of rotatable bonds is 4. The summed E-state index contributed by atoms with van der Waals surface area (Å²) in [5.74, 6) is 2.29. The van der Waals surface area contributed by atoms with Gasteiger partial charge in [-0.05, 0) is 24.6 Å². The maximum absolute atomic E-state index is 9.43. The predicted molar refractivity (Wildman–Crippen MR) is 87.3 cm³/mol. The van der Waals surface area contributed by atoms with E-state index in [0.717, 1.165) is 35.8 Å². The van der Waals surface area contributed by atoms with Crippen molar-refractivity contribution in [3.8, 4) is 6.07 Å². The first kappa shape index (κ1) is 15.2. The van der Waals surface area contributed by atoms with Crippen LogP contribution in [-0.4, -0.2) is 30.1 Å². The summed E-state index contributed by atoms with van der Waals surface area (Å²) in [6.45, 7) is 8.35. The third-order valence-corrected chi connectivity index (χ3v) is 4.76. The van der Waals surface area contributed by atoms with Crippen molar-refractivity contribution in [1.29, 1.82) is 5.26 Å². The van der Waals surface area contributed by atoms with Gasteiger partial charge in [-0.3, -0.25) is 0 Å². The molecule has 0 radical (unpaired) electrons. The molecular weight excluding hydrogens is 266 g/mol. The summed E-state index contributed by atoms with van der Waals surface area (Å²) in [5.41, 5.74) is 3.07. The van der Waals surface area contributed by atoms with Crippen LogP contribution in [0.3, 0.4) is 0 Å². The van der Waals surface area contributed by atoms with Crippen LogP contribution in [-0.2, 0) is 6.54 Å². The summed E-state index contributed by atoms with van der Waals surface area (Å²) < 4.78 is 0. The highest BCUT2D eigenvalue weighted by molar-refractivity contribution is 7.99. The molecule has 0 spiro atoms. The van der Waals surface area contributed by atoms with Gasteiger partial charge < -0.3 is 10.2 Å². The normalized spacial score (nSPS) is 19.1. The van der Waals surface area contributed by atoms with Crippen LogP contribution >= 0.6 is 11.8 Å². The predicted octanol–water partition coefficient (Wildman–Crippen LogP) is 3.00. The summed E-state index contributed by atoms with van der Waals surface area (Å²) in [4.78, 5) is 2.37.